The Morgan fingerprint density at radius 1 is 0.818 bits per heavy atom. The first-order chi connectivity index (χ1) is 12.8. The number of fused-ring (bicyclic) bond motifs is 2. The van der Waals surface area contributed by atoms with E-state index >= 15 is 0 Å². The van der Waals surface area contributed by atoms with Crippen LogP contribution in [-0.4, -0.2) is 4.98 Å². The molecule has 3 aromatic carbocycles. The van der Waals surface area contributed by atoms with Gasteiger partial charge in [0.1, 0.15) is 11.0 Å². The summed E-state index contributed by atoms with van der Waals surface area (Å²) in [5.74, 6) is 0. The summed E-state index contributed by atoms with van der Waals surface area (Å²) in [5.41, 5.74) is 15.0. The van der Waals surface area contributed by atoms with Gasteiger partial charge in [-0.2, -0.15) is 0 Å². The number of nitrogens with two attached hydrogens (primary N) is 2. The number of nitrogen functional groups attached to an aromatic ring is 2. The van der Waals surface area contributed by atoms with Gasteiger partial charge in [-0.05, 0) is 24.3 Å². The van der Waals surface area contributed by atoms with Crippen LogP contribution < -0.4 is 16.0 Å². The molecule has 0 aliphatic heterocycles. The third-order valence-electron chi connectivity index (χ3n) is 3.43. The van der Waals surface area contributed by atoms with E-state index in [1.807, 2.05) is 0 Å². The fourth-order valence-electron chi connectivity index (χ4n) is 2.48. The highest BCUT2D eigenvalue weighted by Gasteiger charge is 2.19. The lowest BCUT2D eigenvalue weighted by atomic mass is 10.2. The minimum Gasteiger partial charge on any atom is -0.399 e. The number of hydrogen-bond donors (Lipinski definition) is 2. The van der Waals surface area contributed by atoms with Crippen molar-refractivity contribution in [3.8, 4) is 5.69 Å². The van der Waals surface area contributed by atoms with Gasteiger partial charge >= 0.3 is 0 Å². The highest BCUT2D eigenvalue weighted by Crippen LogP contribution is 2.20. The molecule has 0 aliphatic carbocycles. The molecular weight excluding hydrogens is 272 g/mol. The predicted molar refractivity (Wildman–Crippen MR) is 89.6 cm³/mol. The second-order valence-electron chi connectivity index (χ2n) is 4.92. The summed E-state index contributed by atoms with van der Waals surface area (Å²) < 4.78 is 42.1. The Labute approximate surface area is 134 Å². The molecule has 0 unspecified atom stereocenters. The van der Waals surface area contributed by atoms with Crippen LogP contribution in [-0.2, 0) is 0 Å². The average Bonchev–Trinajstić information content (AvgIpc) is 2.65. The summed E-state index contributed by atoms with van der Waals surface area (Å²) >= 11 is 0. The molecule has 0 aliphatic rings. The van der Waals surface area contributed by atoms with Crippen LogP contribution in [0.15, 0.2) is 66.6 Å². The van der Waals surface area contributed by atoms with E-state index in [2.05, 4.69) is 4.98 Å². The largest absolute Gasteiger partial charge is 0.399 e. The Bertz CT molecular complexity index is 1170. The summed E-state index contributed by atoms with van der Waals surface area (Å²) in [7, 11) is 0. The summed E-state index contributed by atoms with van der Waals surface area (Å²) in [6.07, 6.45) is 0. The molecule has 4 aromatic rings. The number of aromatic nitrogens is 2. The first kappa shape index (κ1) is 8.34. The van der Waals surface area contributed by atoms with Crippen LogP contribution in [0, 0.1) is 0 Å². The summed E-state index contributed by atoms with van der Waals surface area (Å²) in [6.45, 7) is 0. The lowest BCUT2D eigenvalue weighted by Gasteiger charge is -2.06. The van der Waals surface area contributed by atoms with E-state index in [4.69, 9.17) is 18.3 Å². The molecule has 0 saturated heterocycles. The van der Waals surface area contributed by atoms with Crippen molar-refractivity contribution in [1.29, 1.82) is 0 Å². The summed E-state index contributed by atoms with van der Waals surface area (Å²) in [4.78, 5) is 4.58. The second kappa shape index (κ2) is 4.70. The van der Waals surface area contributed by atoms with Crippen molar-refractivity contribution < 1.29 is 11.4 Å². The summed E-state index contributed by atoms with van der Waals surface area (Å²) in [5, 5.41) is 0. The molecule has 4 heteroatoms. The molecule has 0 bridgehead atoms. The van der Waals surface area contributed by atoms with E-state index in [9.17, 15) is 0 Å². The molecule has 0 radical (unpaired) electrons. The van der Waals surface area contributed by atoms with Crippen LogP contribution in [0.3, 0.4) is 0 Å². The van der Waals surface area contributed by atoms with Gasteiger partial charge in [0.05, 0.1) is 6.85 Å². The highest BCUT2D eigenvalue weighted by molar-refractivity contribution is 5.85. The SMILES string of the molecule is [2H]c1c([2H])c([2H])c(-[n+]2c3cc(N)ccc3nc3ccc(N)cc32)c([2H])c1[2H]. The monoisotopic (exact) mass is 292 g/mol. The summed E-state index contributed by atoms with van der Waals surface area (Å²) in [6, 6.07) is 8.27. The van der Waals surface area contributed by atoms with Crippen LogP contribution in [0.2, 0.25) is 0 Å². The van der Waals surface area contributed by atoms with E-state index < -0.39 is 18.1 Å². The Morgan fingerprint density at radius 2 is 1.36 bits per heavy atom. The second-order valence-corrected chi connectivity index (χ2v) is 4.92. The van der Waals surface area contributed by atoms with Crippen molar-refractivity contribution in [2.45, 2.75) is 0 Å². The maximum atomic E-state index is 8.35. The molecule has 4 rings (SSSR count). The first-order valence-electron chi connectivity index (χ1n) is 9.17. The lowest BCUT2D eigenvalue weighted by molar-refractivity contribution is -0.538. The number of nitrogens with zero attached hydrogens (tertiary/aromatic N) is 2. The average molecular weight is 292 g/mol. The number of para-hydroxylation sites is 1. The lowest BCUT2D eigenvalue weighted by Crippen LogP contribution is -2.33. The van der Waals surface area contributed by atoms with Gasteiger partial charge in [-0.3, -0.25) is 0 Å². The van der Waals surface area contributed by atoms with Crippen LogP contribution >= 0.6 is 0 Å². The molecule has 1 heterocycles. The standard InChI is InChI=1S/C18H14N4/c19-12-6-8-15-17(10-12)22(14-4-2-1-3-5-14)18-11-13(20)7-9-16(18)21-15/h1-11H,(H3,19,20)/p+1/i1D,2D,3D,4D,5D. The molecule has 106 valence electrons. The van der Waals surface area contributed by atoms with Gasteiger partial charge in [-0.15, -0.1) is 4.57 Å². The zero-order valence-electron chi connectivity index (χ0n) is 16.5. The van der Waals surface area contributed by atoms with Gasteiger partial charge in [-0.25, -0.2) is 4.98 Å². The predicted octanol–water partition coefficient (Wildman–Crippen LogP) is 2.83. The van der Waals surface area contributed by atoms with Crippen molar-refractivity contribution in [3.05, 3.63) is 66.6 Å². The van der Waals surface area contributed by atoms with Gasteiger partial charge < -0.3 is 11.5 Å². The molecule has 0 atom stereocenters. The Balaban J connectivity index is 2.31. The minimum absolute atomic E-state index is 0.0228. The smallest absolute Gasteiger partial charge is 0.239 e. The quantitative estimate of drug-likeness (QED) is 0.322. The van der Waals surface area contributed by atoms with Crippen molar-refractivity contribution >= 4 is 33.4 Å². The number of anilines is 2. The Hall–Kier alpha value is -3.14. The van der Waals surface area contributed by atoms with E-state index in [-0.39, 0.29) is 17.8 Å². The van der Waals surface area contributed by atoms with Gasteiger partial charge in [0.25, 0.3) is 0 Å². The number of hydrogen-bond acceptors (Lipinski definition) is 3. The first-order valence-corrected chi connectivity index (χ1v) is 6.67. The van der Waals surface area contributed by atoms with Crippen LogP contribution in [0.5, 0.6) is 0 Å². The van der Waals surface area contributed by atoms with E-state index in [1.165, 1.54) is 0 Å². The molecule has 22 heavy (non-hydrogen) atoms. The molecule has 4 nitrogen and oxygen atoms in total. The van der Waals surface area contributed by atoms with Crippen LogP contribution in [0.1, 0.15) is 6.85 Å². The molecule has 0 amide bonds. The third-order valence-corrected chi connectivity index (χ3v) is 3.43. The van der Waals surface area contributed by atoms with E-state index in [0.717, 1.165) is 0 Å². The fourth-order valence-corrected chi connectivity index (χ4v) is 2.48. The topological polar surface area (TPSA) is 68.8 Å². The normalized spacial score (nSPS) is 14.3. The number of rotatable bonds is 1. The zero-order valence-corrected chi connectivity index (χ0v) is 11.5. The minimum atomic E-state index is -0.448. The van der Waals surface area contributed by atoms with Crippen molar-refractivity contribution in [3.63, 3.8) is 0 Å². The van der Waals surface area contributed by atoms with Crippen molar-refractivity contribution in [2.24, 2.45) is 0 Å². The van der Waals surface area contributed by atoms with Crippen LogP contribution in [0.25, 0.3) is 27.8 Å². The number of benzene rings is 3. The molecule has 0 saturated carbocycles. The van der Waals surface area contributed by atoms with Crippen LogP contribution in [0.4, 0.5) is 11.4 Å². The molecule has 0 spiro atoms. The Morgan fingerprint density at radius 3 is 1.91 bits per heavy atom. The molecule has 0 fully saturated rings. The Kier molecular flexibility index (Phi) is 1.78. The van der Waals surface area contributed by atoms with Crippen molar-refractivity contribution in [1.82, 2.24) is 4.98 Å². The fraction of sp³-hybridized carbons (Fsp3) is 0. The van der Waals surface area contributed by atoms with Gasteiger partial charge in [0, 0.05) is 35.6 Å². The van der Waals surface area contributed by atoms with Gasteiger partial charge in [0.15, 0.2) is 0 Å². The van der Waals surface area contributed by atoms with Gasteiger partial charge in [0.2, 0.25) is 16.7 Å². The zero-order chi connectivity index (χ0) is 19.5. The molecular formula is C18H15N4+. The maximum absolute atomic E-state index is 8.35. The molecule has 4 N–H and O–H groups in total. The van der Waals surface area contributed by atoms with Gasteiger partial charge in [-0.1, -0.05) is 18.1 Å². The molecule has 1 aromatic heterocycles. The third kappa shape index (κ3) is 1.93. The van der Waals surface area contributed by atoms with E-state index in [0.29, 0.717) is 33.4 Å². The maximum Gasteiger partial charge on any atom is 0.239 e. The van der Waals surface area contributed by atoms with E-state index in [1.54, 1.807) is 41.0 Å². The highest BCUT2D eigenvalue weighted by atomic mass is 15.0. The van der Waals surface area contributed by atoms with Crippen molar-refractivity contribution in [2.75, 3.05) is 11.5 Å².